The van der Waals surface area contributed by atoms with E-state index in [1.807, 2.05) is 11.8 Å². The van der Waals surface area contributed by atoms with E-state index in [-0.39, 0.29) is 11.6 Å². The van der Waals surface area contributed by atoms with E-state index in [2.05, 4.69) is 13.8 Å². The summed E-state index contributed by atoms with van der Waals surface area (Å²) in [5.41, 5.74) is 6.24. The van der Waals surface area contributed by atoms with E-state index in [9.17, 15) is 5.11 Å². The quantitative estimate of drug-likeness (QED) is 0.673. The third-order valence-electron chi connectivity index (χ3n) is 3.65. The van der Waals surface area contributed by atoms with Crippen LogP contribution in [0.4, 0.5) is 0 Å². The predicted molar refractivity (Wildman–Crippen MR) is 56.8 cm³/mol. The van der Waals surface area contributed by atoms with Gasteiger partial charge in [-0.1, -0.05) is 13.8 Å². The first-order valence-electron chi connectivity index (χ1n) is 5.05. The van der Waals surface area contributed by atoms with E-state index < -0.39 is 0 Å². The van der Waals surface area contributed by atoms with Gasteiger partial charge in [-0.05, 0) is 30.9 Å². The second kappa shape index (κ2) is 2.88. The number of thioether (sulfide) groups is 1. The van der Waals surface area contributed by atoms with Gasteiger partial charge in [-0.3, -0.25) is 0 Å². The molecule has 1 aliphatic heterocycles. The minimum atomic E-state index is -0.133. The minimum Gasteiger partial charge on any atom is -0.393 e. The van der Waals surface area contributed by atoms with Crippen LogP contribution in [0.15, 0.2) is 0 Å². The molecule has 0 amide bonds. The van der Waals surface area contributed by atoms with Gasteiger partial charge in [0, 0.05) is 10.3 Å². The second-order valence-corrected chi connectivity index (χ2v) is 6.84. The molecule has 3 N–H and O–H groups in total. The van der Waals surface area contributed by atoms with Gasteiger partial charge in [0.2, 0.25) is 0 Å². The summed E-state index contributed by atoms with van der Waals surface area (Å²) in [6.07, 6.45) is 2.70. The number of aliphatic hydroxyl groups excluding tert-OH is 1. The average Bonchev–Trinajstić information content (AvgIpc) is 2.26. The van der Waals surface area contributed by atoms with Crippen LogP contribution in [0.5, 0.6) is 0 Å². The molecule has 2 fully saturated rings. The zero-order chi connectivity index (χ0) is 9.69. The topological polar surface area (TPSA) is 46.2 Å². The molecule has 1 heterocycles. The SMILES string of the molecule is CC1(C)SCCC1C1(N)CC(O)C1. The van der Waals surface area contributed by atoms with Crippen molar-refractivity contribution in [3.05, 3.63) is 0 Å². The summed E-state index contributed by atoms with van der Waals surface area (Å²) in [7, 11) is 0. The molecular formula is C10H19NOS. The van der Waals surface area contributed by atoms with Gasteiger partial charge >= 0.3 is 0 Å². The Bertz CT molecular complexity index is 211. The first kappa shape index (κ1) is 9.81. The predicted octanol–water partition coefficient (Wildman–Crippen LogP) is 1.37. The number of hydrogen-bond donors (Lipinski definition) is 2. The van der Waals surface area contributed by atoms with Crippen LogP contribution in [-0.4, -0.2) is 27.2 Å². The van der Waals surface area contributed by atoms with Gasteiger partial charge in [-0.2, -0.15) is 11.8 Å². The van der Waals surface area contributed by atoms with Crippen molar-refractivity contribution in [3.8, 4) is 0 Å². The maximum atomic E-state index is 9.33. The molecular weight excluding hydrogens is 182 g/mol. The number of aliphatic hydroxyl groups is 1. The fourth-order valence-corrected chi connectivity index (χ4v) is 4.40. The molecule has 76 valence electrons. The summed E-state index contributed by atoms with van der Waals surface area (Å²) < 4.78 is 0.314. The third-order valence-corrected chi connectivity index (χ3v) is 5.11. The zero-order valence-electron chi connectivity index (χ0n) is 8.42. The molecule has 1 saturated carbocycles. The Kier molecular flexibility index (Phi) is 2.17. The summed E-state index contributed by atoms with van der Waals surface area (Å²) in [6, 6.07) is 0. The molecule has 0 aromatic rings. The van der Waals surface area contributed by atoms with Crippen molar-refractivity contribution in [3.63, 3.8) is 0 Å². The van der Waals surface area contributed by atoms with Crippen LogP contribution in [0, 0.1) is 5.92 Å². The summed E-state index contributed by atoms with van der Waals surface area (Å²) in [4.78, 5) is 0. The Morgan fingerprint density at radius 3 is 2.38 bits per heavy atom. The Morgan fingerprint density at radius 1 is 1.38 bits per heavy atom. The standard InChI is InChI=1S/C10H19NOS/c1-9(2)8(3-4-13-9)10(11)5-7(12)6-10/h7-8,12H,3-6,11H2,1-2H3. The maximum Gasteiger partial charge on any atom is 0.0575 e. The lowest BCUT2D eigenvalue weighted by molar-refractivity contribution is -0.0143. The van der Waals surface area contributed by atoms with E-state index in [1.165, 1.54) is 12.2 Å². The number of nitrogens with two attached hydrogens (primary N) is 1. The molecule has 1 atom stereocenters. The first-order valence-corrected chi connectivity index (χ1v) is 6.03. The molecule has 1 aliphatic carbocycles. The van der Waals surface area contributed by atoms with Crippen LogP contribution < -0.4 is 5.73 Å². The van der Waals surface area contributed by atoms with E-state index >= 15 is 0 Å². The molecule has 0 bridgehead atoms. The molecule has 2 aliphatic rings. The monoisotopic (exact) mass is 201 g/mol. The van der Waals surface area contributed by atoms with Gasteiger partial charge in [0.05, 0.1) is 6.10 Å². The Morgan fingerprint density at radius 2 is 2.00 bits per heavy atom. The smallest absolute Gasteiger partial charge is 0.0575 e. The van der Waals surface area contributed by atoms with Crippen molar-refractivity contribution in [1.29, 1.82) is 0 Å². The van der Waals surface area contributed by atoms with Crippen LogP contribution in [0.3, 0.4) is 0 Å². The summed E-state index contributed by atoms with van der Waals surface area (Å²) in [5, 5.41) is 9.33. The molecule has 2 rings (SSSR count). The van der Waals surface area contributed by atoms with Gasteiger partial charge in [0.25, 0.3) is 0 Å². The number of hydrogen-bond acceptors (Lipinski definition) is 3. The number of rotatable bonds is 1. The lowest BCUT2D eigenvalue weighted by Crippen LogP contribution is -2.62. The fraction of sp³-hybridized carbons (Fsp3) is 1.00. The van der Waals surface area contributed by atoms with Crippen molar-refractivity contribution in [1.82, 2.24) is 0 Å². The van der Waals surface area contributed by atoms with Crippen LogP contribution in [-0.2, 0) is 0 Å². The first-order chi connectivity index (χ1) is 5.94. The van der Waals surface area contributed by atoms with Gasteiger partial charge in [0.15, 0.2) is 0 Å². The van der Waals surface area contributed by atoms with Crippen LogP contribution in [0.25, 0.3) is 0 Å². The highest BCUT2D eigenvalue weighted by molar-refractivity contribution is 8.00. The largest absolute Gasteiger partial charge is 0.393 e. The van der Waals surface area contributed by atoms with E-state index in [0.717, 1.165) is 12.8 Å². The molecule has 2 nitrogen and oxygen atoms in total. The van der Waals surface area contributed by atoms with E-state index in [1.54, 1.807) is 0 Å². The van der Waals surface area contributed by atoms with Crippen molar-refractivity contribution < 1.29 is 5.11 Å². The highest BCUT2D eigenvalue weighted by Gasteiger charge is 2.53. The lowest BCUT2D eigenvalue weighted by atomic mass is 9.63. The molecule has 0 spiro atoms. The second-order valence-electron chi connectivity index (χ2n) is 5.09. The molecule has 0 radical (unpaired) electrons. The summed E-state index contributed by atoms with van der Waals surface area (Å²) in [5.74, 6) is 1.82. The van der Waals surface area contributed by atoms with Crippen molar-refractivity contribution in [2.24, 2.45) is 11.7 Å². The molecule has 3 heteroatoms. The summed E-state index contributed by atoms with van der Waals surface area (Å²) in [6.45, 7) is 4.57. The van der Waals surface area contributed by atoms with Gasteiger partial charge < -0.3 is 10.8 Å². The third kappa shape index (κ3) is 1.51. The lowest BCUT2D eigenvalue weighted by Gasteiger charge is -2.50. The van der Waals surface area contributed by atoms with Gasteiger partial charge in [-0.25, -0.2) is 0 Å². The van der Waals surface area contributed by atoms with Crippen molar-refractivity contribution >= 4 is 11.8 Å². The highest BCUT2D eigenvalue weighted by atomic mass is 32.2. The molecule has 1 saturated heterocycles. The van der Waals surface area contributed by atoms with Crippen LogP contribution >= 0.6 is 11.8 Å². The normalized spacial score (nSPS) is 48.9. The Balaban J connectivity index is 2.08. The molecule has 1 unspecified atom stereocenters. The van der Waals surface area contributed by atoms with Gasteiger partial charge in [-0.15, -0.1) is 0 Å². The molecule has 0 aromatic carbocycles. The van der Waals surface area contributed by atoms with Crippen LogP contribution in [0.1, 0.15) is 33.1 Å². The van der Waals surface area contributed by atoms with E-state index in [4.69, 9.17) is 5.73 Å². The Hall–Kier alpha value is 0.270. The minimum absolute atomic E-state index is 0.0631. The summed E-state index contributed by atoms with van der Waals surface area (Å²) >= 11 is 2.02. The highest BCUT2D eigenvalue weighted by Crippen LogP contribution is 2.52. The molecule has 0 aromatic heterocycles. The maximum absolute atomic E-state index is 9.33. The van der Waals surface area contributed by atoms with Crippen molar-refractivity contribution in [2.75, 3.05) is 5.75 Å². The zero-order valence-corrected chi connectivity index (χ0v) is 9.23. The van der Waals surface area contributed by atoms with Crippen molar-refractivity contribution in [2.45, 2.75) is 49.5 Å². The fourth-order valence-electron chi connectivity index (χ4n) is 2.97. The molecule has 13 heavy (non-hydrogen) atoms. The van der Waals surface area contributed by atoms with E-state index in [0.29, 0.717) is 10.7 Å². The Labute approximate surface area is 84.3 Å². The van der Waals surface area contributed by atoms with Crippen LogP contribution in [0.2, 0.25) is 0 Å². The van der Waals surface area contributed by atoms with Gasteiger partial charge in [0.1, 0.15) is 0 Å². The average molecular weight is 201 g/mol.